The fourth-order valence-electron chi connectivity index (χ4n) is 2.49. The minimum atomic E-state index is -5.68. The van der Waals surface area contributed by atoms with Gasteiger partial charge in [-0.15, -0.1) is 0 Å². The summed E-state index contributed by atoms with van der Waals surface area (Å²) in [6, 6.07) is 8.59. The van der Waals surface area contributed by atoms with Gasteiger partial charge in [0.1, 0.15) is 11.4 Å². The van der Waals surface area contributed by atoms with E-state index in [1.54, 1.807) is 3.97 Å². The van der Waals surface area contributed by atoms with E-state index in [4.69, 9.17) is 4.74 Å². The summed E-state index contributed by atoms with van der Waals surface area (Å²) in [6.45, 7) is -0.271. The van der Waals surface area contributed by atoms with Crippen LogP contribution in [0.3, 0.4) is 0 Å². The third-order valence-corrected chi connectivity index (χ3v) is 4.63. The Morgan fingerprint density at radius 1 is 1.11 bits per heavy atom. The molecule has 0 radical (unpaired) electrons. The van der Waals surface area contributed by atoms with Crippen molar-refractivity contribution in [2.75, 3.05) is 12.9 Å². The Bertz CT molecular complexity index is 975. The minimum Gasteiger partial charge on any atom is -0.486 e. The van der Waals surface area contributed by atoms with Gasteiger partial charge in [0.15, 0.2) is 12.4 Å². The normalized spacial score (nSPS) is 12.1. The number of aromatic nitrogens is 3. The summed E-state index contributed by atoms with van der Waals surface area (Å²) < 4.78 is 69.9. The van der Waals surface area contributed by atoms with Crippen molar-refractivity contribution in [3.05, 3.63) is 42.1 Å². The molecule has 1 aromatic carbocycles. The largest absolute Gasteiger partial charge is 0.486 e. The summed E-state index contributed by atoms with van der Waals surface area (Å²) in [7, 11) is 0. The smallest absolute Gasteiger partial charge is 0.456 e. The lowest BCUT2D eigenvalue weighted by Gasteiger charge is -2.20. The van der Waals surface area contributed by atoms with E-state index in [0.717, 1.165) is 5.52 Å². The first-order valence-corrected chi connectivity index (χ1v) is 8.89. The van der Waals surface area contributed by atoms with E-state index in [-0.39, 0.29) is 11.2 Å². The van der Waals surface area contributed by atoms with Crippen molar-refractivity contribution in [1.82, 2.24) is 13.9 Å². The molecule has 152 valence electrons. The van der Waals surface area contributed by atoms with Gasteiger partial charge in [0, 0.05) is 18.0 Å². The highest BCUT2D eigenvalue weighted by Gasteiger charge is 2.58. The molecule has 2 heterocycles. The molecule has 0 aliphatic carbocycles. The third kappa shape index (κ3) is 3.90. The van der Waals surface area contributed by atoms with E-state index in [2.05, 4.69) is 9.97 Å². The predicted molar refractivity (Wildman–Crippen MR) is 96.7 cm³/mol. The maximum Gasteiger partial charge on any atom is 0.456 e. The quantitative estimate of drug-likeness (QED) is 0.577. The first kappa shape index (κ1) is 21.9. The molecule has 0 fully saturated rings. The highest BCUT2D eigenvalue weighted by molar-refractivity contribution is 7.97. The lowest BCUT2D eigenvalue weighted by atomic mass is 10.2. The second-order valence-electron chi connectivity index (χ2n) is 5.67. The summed E-state index contributed by atoms with van der Waals surface area (Å²) in [6.07, 6.45) is -2.56. The summed E-state index contributed by atoms with van der Waals surface area (Å²) >= 11 is 1.37. The molecule has 0 unspecified atom stereocenters. The molecule has 2 N–H and O–H groups in total. The Balaban J connectivity index is 0.00000280. The molecule has 0 saturated carbocycles. The molecule has 0 aliphatic heterocycles. The molecule has 0 spiro atoms. The Morgan fingerprint density at radius 3 is 2.43 bits per heavy atom. The van der Waals surface area contributed by atoms with E-state index < -0.39 is 18.7 Å². The Labute approximate surface area is 161 Å². The Kier molecular flexibility index (Phi) is 6.19. The highest BCUT2D eigenvalue weighted by Crippen LogP contribution is 2.37. The molecule has 2 aromatic heterocycles. The Hall–Kier alpha value is -2.40. The first-order chi connectivity index (χ1) is 12.7. The maximum absolute atomic E-state index is 13.1. The van der Waals surface area contributed by atoms with Crippen LogP contribution in [-0.2, 0) is 0 Å². The van der Waals surface area contributed by atoms with Gasteiger partial charge < -0.3 is 10.2 Å². The fourth-order valence-corrected chi connectivity index (χ4v) is 3.14. The number of alkyl halides is 5. The van der Waals surface area contributed by atoms with Crippen molar-refractivity contribution < 1.29 is 32.2 Å². The van der Waals surface area contributed by atoms with Crippen molar-refractivity contribution in [3.8, 4) is 17.3 Å². The van der Waals surface area contributed by atoms with E-state index in [1.165, 1.54) is 31.1 Å². The van der Waals surface area contributed by atoms with E-state index in [0.29, 0.717) is 22.6 Å². The number of benzene rings is 1. The molecule has 0 atom stereocenters. The Morgan fingerprint density at radius 2 is 1.79 bits per heavy atom. The molecule has 28 heavy (non-hydrogen) atoms. The highest BCUT2D eigenvalue weighted by atomic mass is 32.2. The first-order valence-electron chi connectivity index (χ1n) is 7.71. The van der Waals surface area contributed by atoms with Crippen LogP contribution in [0.5, 0.6) is 5.75 Å². The molecule has 0 saturated heterocycles. The standard InChI is InChI=1S/C17H14F5N3OS.H2O/c1-10-13(26-9-16(18,19)17(20,21)22)7-8-23-14(10)15-24-11-5-3-4-6-12(11)25(15)27-2;/h3-8H,9H2,1-2H3;1H2. The van der Waals surface area contributed by atoms with Crippen LogP contribution < -0.4 is 4.74 Å². The van der Waals surface area contributed by atoms with Crippen LogP contribution in [-0.4, -0.2) is 44.4 Å². The fraction of sp³-hybridized carbons (Fsp3) is 0.294. The predicted octanol–water partition coefficient (Wildman–Crippen LogP) is 4.28. The second kappa shape index (κ2) is 7.92. The summed E-state index contributed by atoms with van der Waals surface area (Å²) in [5, 5.41) is 0. The van der Waals surface area contributed by atoms with Gasteiger partial charge in [0.05, 0.1) is 11.0 Å². The van der Waals surface area contributed by atoms with E-state index >= 15 is 0 Å². The average Bonchev–Trinajstić information content (AvgIpc) is 2.98. The number of halogens is 5. The van der Waals surface area contributed by atoms with Gasteiger partial charge in [-0.1, -0.05) is 12.1 Å². The molecular formula is C17H16F5N3O2S. The molecule has 11 heteroatoms. The lowest BCUT2D eigenvalue weighted by molar-refractivity contribution is -0.290. The van der Waals surface area contributed by atoms with Crippen LogP contribution in [0.4, 0.5) is 22.0 Å². The number of ether oxygens (including phenoxy) is 1. The monoisotopic (exact) mass is 421 g/mol. The van der Waals surface area contributed by atoms with Crippen LogP contribution in [0.25, 0.3) is 22.6 Å². The zero-order valence-electron chi connectivity index (χ0n) is 14.7. The topological polar surface area (TPSA) is 71.4 Å². The molecule has 3 aromatic rings. The summed E-state index contributed by atoms with van der Waals surface area (Å²) in [5.74, 6) is -4.60. The molecule has 3 rings (SSSR count). The number of rotatable bonds is 5. The van der Waals surface area contributed by atoms with Crippen LogP contribution in [0.15, 0.2) is 36.5 Å². The number of nitrogens with zero attached hydrogens (tertiary/aromatic N) is 3. The average molecular weight is 421 g/mol. The molecule has 0 aliphatic rings. The number of hydrogen-bond donors (Lipinski definition) is 0. The number of imidazole rings is 1. The number of fused-ring (bicyclic) bond motifs is 1. The van der Waals surface area contributed by atoms with Gasteiger partial charge in [-0.2, -0.15) is 22.0 Å². The second-order valence-corrected chi connectivity index (χ2v) is 6.40. The molecule has 0 amide bonds. The van der Waals surface area contributed by atoms with Gasteiger partial charge in [-0.05, 0) is 37.1 Å². The molecule has 0 bridgehead atoms. The van der Waals surface area contributed by atoms with E-state index in [9.17, 15) is 22.0 Å². The van der Waals surface area contributed by atoms with Gasteiger partial charge in [0.2, 0.25) is 0 Å². The minimum absolute atomic E-state index is 0. The van der Waals surface area contributed by atoms with Gasteiger partial charge in [-0.25, -0.2) is 4.98 Å². The van der Waals surface area contributed by atoms with Gasteiger partial charge in [0.25, 0.3) is 0 Å². The number of para-hydroxylation sites is 2. The van der Waals surface area contributed by atoms with Crippen molar-refractivity contribution in [2.45, 2.75) is 19.0 Å². The maximum atomic E-state index is 13.1. The molecule has 5 nitrogen and oxygen atoms in total. The van der Waals surface area contributed by atoms with Crippen molar-refractivity contribution in [3.63, 3.8) is 0 Å². The summed E-state index contributed by atoms with van der Waals surface area (Å²) in [5.41, 5.74) is 2.20. The van der Waals surface area contributed by atoms with Gasteiger partial charge >= 0.3 is 12.1 Å². The van der Waals surface area contributed by atoms with Crippen molar-refractivity contribution >= 4 is 23.0 Å². The summed E-state index contributed by atoms with van der Waals surface area (Å²) in [4.78, 5) is 8.72. The van der Waals surface area contributed by atoms with Crippen molar-refractivity contribution in [1.29, 1.82) is 0 Å². The van der Waals surface area contributed by atoms with E-state index in [1.807, 2.05) is 30.5 Å². The zero-order valence-corrected chi connectivity index (χ0v) is 15.5. The van der Waals surface area contributed by atoms with Crippen LogP contribution in [0.2, 0.25) is 0 Å². The van der Waals surface area contributed by atoms with Crippen molar-refractivity contribution in [2.24, 2.45) is 0 Å². The SMILES string of the molecule is CSn1c(-c2nccc(OCC(F)(F)C(F)(F)F)c2C)nc2ccccc21.O. The van der Waals surface area contributed by atoms with Gasteiger partial charge in [-0.3, -0.25) is 8.96 Å². The number of pyridine rings is 1. The van der Waals surface area contributed by atoms with Crippen LogP contribution in [0.1, 0.15) is 5.56 Å². The van der Waals surface area contributed by atoms with Crippen LogP contribution >= 0.6 is 11.9 Å². The molecular weight excluding hydrogens is 405 g/mol. The lowest BCUT2D eigenvalue weighted by Crippen LogP contribution is -2.41. The zero-order chi connectivity index (χ0) is 19.8. The third-order valence-electron chi connectivity index (χ3n) is 3.89. The number of hydrogen-bond acceptors (Lipinski definition) is 4. The van der Waals surface area contributed by atoms with Crippen LogP contribution in [0, 0.1) is 6.92 Å².